The normalized spacial score (nSPS) is 23.8. The van der Waals surface area contributed by atoms with E-state index in [-0.39, 0.29) is 18.5 Å². The predicted molar refractivity (Wildman–Crippen MR) is 68.6 cm³/mol. The number of aliphatic carboxylic acids is 1. The quantitative estimate of drug-likeness (QED) is 0.663. The number of carbonyl (C=O) groups excluding carboxylic acids is 2. The Kier molecular flexibility index (Phi) is 4.74. The molecular weight excluding hydrogens is 250 g/mol. The zero-order valence-electron chi connectivity index (χ0n) is 11.5. The van der Waals surface area contributed by atoms with Gasteiger partial charge < -0.3 is 20.6 Å². The van der Waals surface area contributed by atoms with E-state index in [0.29, 0.717) is 19.5 Å². The predicted octanol–water partition coefficient (Wildman–Crippen LogP) is -0.125. The number of nitrogens with zero attached hydrogens (tertiary/aromatic N) is 1. The lowest BCUT2D eigenvalue weighted by Crippen LogP contribution is -2.44. The Bertz CT molecular complexity index is 385. The number of rotatable bonds is 4. The van der Waals surface area contributed by atoms with Crippen LogP contribution in [-0.4, -0.2) is 54.6 Å². The van der Waals surface area contributed by atoms with Crippen molar-refractivity contribution in [2.75, 3.05) is 26.7 Å². The zero-order valence-corrected chi connectivity index (χ0v) is 11.5. The lowest BCUT2D eigenvalue weighted by molar-refractivity contribution is -0.140. The Morgan fingerprint density at radius 2 is 2.05 bits per heavy atom. The summed E-state index contributed by atoms with van der Waals surface area (Å²) in [7, 11) is 1.57. The molecule has 1 aliphatic rings. The standard InChI is InChI=1S/C12H21N3O4/c1-8(9(16)17)6-14-11(19)15-5-4-12(2,7-15)10(18)13-3/h8H,4-7H2,1-3H3,(H,13,18)(H,14,19)(H,16,17). The van der Waals surface area contributed by atoms with Gasteiger partial charge in [0.05, 0.1) is 11.3 Å². The molecular formula is C12H21N3O4. The Morgan fingerprint density at radius 3 is 2.58 bits per heavy atom. The van der Waals surface area contributed by atoms with Crippen molar-refractivity contribution < 1.29 is 19.5 Å². The summed E-state index contributed by atoms with van der Waals surface area (Å²) in [5.41, 5.74) is -0.565. The van der Waals surface area contributed by atoms with Gasteiger partial charge in [0, 0.05) is 26.7 Å². The van der Waals surface area contributed by atoms with Gasteiger partial charge in [0.1, 0.15) is 0 Å². The van der Waals surface area contributed by atoms with Gasteiger partial charge in [-0.05, 0) is 13.3 Å². The third-order valence-corrected chi connectivity index (χ3v) is 3.52. The van der Waals surface area contributed by atoms with Gasteiger partial charge in [-0.25, -0.2) is 4.79 Å². The minimum absolute atomic E-state index is 0.0818. The highest BCUT2D eigenvalue weighted by molar-refractivity contribution is 5.84. The van der Waals surface area contributed by atoms with Crippen molar-refractivity contribution in [1.29, 1.82) is 0 Å². The summed E-state index contributed by atoms with van der Waals surface area (Å²) in [6.07, 6.45) is 0.606. The number of amides is 3. The molecule has 1 aliphatic heterocycles. The number of carboxylic acid groups (broad SMARTS) is 1. The van der Waals surface area contributed by atoms with Crippen LogP contribution in [0.15, 0.2) is 0 Å². The fraction of sp³-hybridized carbons (Fsp3) is 0.750. The van der Waals surface area contributed by atoms with E-state index in [1.54, 1.807) is 11.9 Å². The van der Waals surface area contributed by atoms with Crippen molar-refractivity contribution in [2.24, 2.45) is 11.3 Å². The molecule has 0 saturated carbocycles. The number of likely N-dealkylation sites (tertiary alicyclic amines) is 1. The highest BCUT2D eigenvalue weighted by atomic mass is 16.4. The highest BCUT2D eigenvalue weighted by Crippen LogP contribution is 2.29. The smallest absolute Gasteiger partial charge is 0.317 e. The maximum Gasteiger partial charge on any atom is 0.317 e. The molecule has 2 unspecified atom stereocenters. The van der Waals surface area contributed by atoms with Crippen LogP contribution in [0.4, 0.5) is 4.79 Å². The molecule has 0 bridgehead atoms. The number of carbonyl (C=O) groups is 3. The van der Waals surface area contributed by atoms with E-state index < -0.39 is 17.3 Å². The lowest BCUT2D eigenvalue weighted by Gasteiger charge is -2.23. The molecule has 1 saturated heterocycles. The van der Waals surface area contributed by atoms with E-state index in [9.17, 15) is 14.4 Å². The second kappa shape index (κ2) is 5.90. The molecule has 0 radical (unpaired) electrons. The minimum Gasteiger partial charge on any atom is -0.481 e. The Morgan fingerprint density at radius 1 is 1.42 bits per heavy atom. The molecule has 0 spiro atoms. The van der Waals surface area contributed by atoms with E-state index in [1.165, 1.54) is 6.92 Å². The Labute approximate surface area is 112 Å². The minimum atomic E-state index is -0.947. The monoisotopic (exact) mass is 271 g/mol. The molecule has 3 amide bonds. The summed E-state index contributed by atoms with van der Waals surface area (Å²) in [5.74, 6) is -1.66. The van der Waals surface area contributed by atoms with Crippen molar-refractivity contribution in [1.82, 2.24) is 15.5 Å². The van der Waals surface area contributed by atoms with Crippen LogP contribution in [0, 0.1) is 11.3 Å². The van der Waals surface area contributed by atoms with Crippen LogP contribution in [0.25, 0.3) is 0 Å². The second-order valence-electron chi connectivity index (χ2n) is 5.24. The van der Waals surface area contributed by atoms with Crippen molar-refractivity contribution in [3.8, 4) is 0 Å². The molecule has 2 atom stereocenters. The van der Waals surface area contributed by atoms with Gasteiger partial charge >= 0.3 is 12.0 Å². The van der Waals surface area contributed by atoms with Crippen LogP contribution in [-0.2, 0) is 9.59 Å². The fourth-order valence-electron chi connectivity index (χ4n) is 2.06. The van der Waals surface area contributed by atoms with E-state index in [4.69, 9.17) is 5.11 Å². The molecule has 0 aromatic rings. The van der Waals surface area contributed by atoms with Gasteiger partial charge in [-0.3, -0.25) is 9.59 Å². The van der Waals surface area contributed by atoms with Crippen LogP contribution >= 0.6 is 0 Å². The van der Waals surface area contributed by atoms with Crippen molar-refractivity contribution in [2.45, 2.75) is 20.3 Å². The van der Waals surface area contributed by atoms with E-state index in [1.807, 2.05) is 6.92 Å². The van der Waals surface area contributed by atoms with Gasteiger partial charge in [0.2, 0.25) is 5.91 Å². The average Bonchev–Trinajstić information content (AvgIpc) is 2.78. The molecule has 7 heteroatoms. The maximum atomic E-state index is 11.9. The van der Waals surface area contributed by atoms with Crippen LogP contribution in [0.1, 0.15) is 20.3 Å². The molecule has 108 valence electrons. The first-order valence-corrected chi connectivity index (χ1v) is 6.28. The maximum absolute atomic E-state index is 11.9. The molecule has 19 heavy (non-hydrogen) atoms. The largest absolute Gasteiger partial charge is 0.481 e. The van der Waals surface area contributed by atoms with Gasteiger partial charge in [-0.15, -0.1) is 0 Å². The van der Waals surface area contributed by atoms with Crippen LogP contribution in [0.5, 0.6) is 0 Å². The van der Waals surface area contributed by atoms with Crippen LogP contribution in [0.3, 0.4) is 0 Å². The van der Waals surface area contributed by atoms with E-state index in [2.05, 4.69) is 10.6 Å². The summed E-state index contributed by atoms with van der Waals surface area (Å²) < 4.78 is 0. The molecule has 0 aromatic carbocycles. The fourth-order valence-corrected chi connectivity index (χ4v) is 2.06. The summed E-state index contributed by atoms with van der Waals surface area (Å²) in [5, 5.41) is 13.9. The summed E-state index contributed by atoms with van der Waals surface area (Å²) in [4.78, 5) is 35.8. The molecule has 0 aromatic heterocycles. The summed E-state index contributed by atoms with van der Waals surface area (Å²) in [6, 6.07) is -0.319. The Hall–Kier alpha value is -1.79. The van der Waals surface area contributed by atoms with Gasteiger partial charge in [-0.2, -0.15) is 0 Å². The first kappa shape index (κ1) is 15.3. The molecule has 3 N–H and O–H groups in total. The van der Waals surface area contributed by atoms with Gasteiger partial charge in [0.25, 0.3) is 0 Å². The number of hydrogen-bond acceptors (Lipinski definition) is 3. The zero-order chi connectivity index (χ0) is 14.6. The first-order chi connectivity index (χ1) is 8.80. The third-order valence-electron chi connectivity index (χ3n) is 3.52. The first-order valence-electron chi connectivity index (χ1n) is 6.28. The Balaban J connectivity index is 2.48. The van der Waals surface area contributed by atoms with Crippen molar-refractivity contribution in [3.63, 3.8) is 0 Å². The van der Waals surface area contributed by atoms with Gasteiger partial charge in [-0.1, -0.05) is 6.92 Å². The number of carboxylic acids is 1. The SMILES string of the molecule is CNC(=O)C1(C)CCN(C(=O)NCC(C)C(=O)O)C1. The molecule has 7 nitrogen and oxygen atoms in total. The van der Waals surface area contributed by atoms with Crippen molar-refractivity contribution in [3.05, 3.63) is 0 Å². The average molecular weight is 271 g/mol. The van der Waals surface area contributed by atoms with E-state index >= 15 is 0 Å². The van der Waals surface area contributed by atoms with E-state index in [0.717, 1.165) is 0 Å². The summed E-state index contributed by atoms with van der Waals surface area (Å²) >= 11 is 0. The van der Waals surface area contributed by atoms with Crippen LogP contribution < -0.4 is 10.6 Å². The summed E-state index contributed by atoms with van der Waals surface area (Å²) in [6.45, 7) is 4.28. The number of nitrogens with one attached hydrogen (secondary N) is 2. The topological polar surface area (TPSA) is 98.7 Å². The second-order valence-corrected chi connectivity index (χ2v) is 5.24. The highest BCUT2D eigenvalue weighted by Gasteiger charge is 2.41. The van der Waals surface area contributed by atoms with Crippen LogP contribution in [0.2, 0.25) is 0 Å². The van der Waals surface area contributed by atoms with Crippen molar-refractivity contribution >= 4 is 17.9 Å². The molecule has 1 fully saturated rings. The number of urea groups is 1. The lowest BCUT2D eigenvalue weighted by atomic mass is 9.89. The number of hydrogen-bond donors (Lipinski definition) is 3. The molecule has 1 heterocycles. The molecule has 0 aliphatic carbocycles. The third kappa shape index (κ3) is 3.59. The van der Waals surface area contributed by atoms with Gasteiger partial charge in [0.15, 0.2) is 0 Å². The molecule has 1 rings (SSSR count).